The van der Waals surface area contributed by atoms with Crippen LogP contribution in [0.3, 0.4) is 0 Å². The normalized spacial score (nSPS) is 15.4. The van der Waals surface area contributed by atoms with E-state index in [1.807, 2.05) is 0 Å². The molecule has 0 heterocycles. The minimum absolute atomic E-state index is 0.938. The van der Waals surface area contributed by atoms with Crippen LogP contribution in [0.2, 0.25) is 0 Å². The molecule has 96 valence electrons. The summed E-state index contributed by atoms with van der Waals surface area (Å²) in [5.74, 6) is 0. The molecule has 0 aromatic carbocycles. The Labute approximate surface area is 107 Å². The zero-order valence-corrected chi connectivity index (χ0v) is 12.3. The Morgan fingerprint density at radius 2 is 1.18 bits per heavy atom. The molecule has 2 nitrogen and oxygen atoms in total. The Morgan fingerprint density at radius 1 is 0.824 bits per heavy atom. The molecular weight excluding hydrogens is 208 g/mol. The van der Waals surface area contributed by atoms with Gasteiger partial charge in [-0.1, -0.05) is 23.3 Å². The molecule has 0 aliphatic heterocycles. The van der Waals surface area contributed by atoms with Crippen molar-refractivity contribution < 1.29 is 9.15 Å². The van der Waals surface area contributed by atoms with Crippen molar-refractivity contribution in [3.8, 4) is 0 Å². The van der Waals surface area contributed by atoms with E-state index >= 15 is 0 Å². The van der Waals surface area contributed by atoms with E-state index < -0.39 is 0 Å². The van der Waals surface area contributed by atoms with Crippen molar-refractivity contribution in [1.82, 2.24) is 0 Å². The summed E-state index contributed by atoms with van der Waals surface area (Å²) in [4.78, 5) is 0. The standard InChI is InChI=1S/C15H28N2/c1-7-14(3)9-11-16(5)13-17(6)12-10-15(4)8-2/h7-8,11-12H,9-10,13H2,1-6H3/q+2. The van der Waals surface area contributed by atoms with Crippen LogP contribution in [-0.2, 0) is 0 Å². The second-order valence-corrected chi connectivity index (χ2v) is 4.70. The Kier molecular flexibility index (Phi) is 8.29. The highest BCUT2D eigenvalue weighted by Crippen LogP contribution is 1.96. The highest BCUT2D eigenvalue weighted by molar-refractivity contribution is 5.56. The van der Waals surface area contributed by atoms with Crippen molar-refractivity contribution >= 4 is 12.4 Å². The maximum Gasteiger partial charge on any atom is 0.333 e. The maximum atomic E-state index is 2.24. The monoisotopic (exact) mass is 236 g/mol. The van der Waals surface area contributed by atoms with Gasteiger partial charge in [0.1, 0.15) is 26.5 Å². The van der Waals surface area contributed by atoms with Gasteiger partial charge in [0.15, 0.2) is 0 Å². The Hall–Kier alpha value is -1.18. The van der Waals surface area contributed by atoms with Crippen molar-refractivity contribution in [2.75, 3.05) is 20.8 Å². The van der Waals surface area contributed by atoms with E-state index in [1.54, 1.807) is 0 Å². The summed E-state index contributed by atoms with van der Waals surface area (Å²) in [5.41, 5.74) is 2.82. The van der Waals surface area contributed by atoms with Gasteiger partial charge in [-0.25, -0.2) is 0 Å². The number of hydrogen-bond acceptors (Lipinski definition) is 0. The average molecular weight is 236 g/mol. The molecule has 0 fully saturated rings. The van der Waals surface area contributed by atoms with Crippen LogP contribution in [-0.4, -0.2) is 42.3 Å². The first-order valence-corrected chi connectivity index (χ1v) is 6.30. The van der Waals surface area contributed by atoms with Gasteiger partial charge in [-0.3, -0.25) is 0 Å². The molecule has 0 unspecified atom stereocenters. The molecule has 0 atom stereocenters. The predicted molar refractivity (Wildman–Crippen MR) is 77.5 cm³/mol. The molecule has 0 N–H and O–H groups in total. The van der Waals surface area contributed by atoms with Gasteiger partial charge in [-0.15, -0.1) is 0 Å². The van der Waals surface area contributed by atoms with Crippen molar-refractivity contribution in [3.63, 3.8) is 0 Å². The summed E-state index contributed by atoms with van der Waals surface area (Å²) in [6, 6.07) is 0. The molecule has 0 rings (SSSR count). The third-order valence-electron chi connectivity index (χ3n) is 2.88. The highest BCUT2D eigenvalue weighted by atomic mass is 15.1. The van der Waals surface area contributed by atoms with Gasteiger partial charge in [-0.2, -0.15) is 9.15 Å². The van der Waals surface area contributed by atoms with Gasteiger partial charge >= 0.3 is 6.67 Å². The summed E-state index contributed by atoms with van der Waals surface area (Å²) >= 11 is 0. The number of allylic oxidation sites excluding steroid dienone is 4. The zero-order valence-electron chi connectivity index (χ0n) is 12.3. The van der Waals surface area contributed by atoms with Crippen LogP contribution in [0.4, 0.5) is 0 Å². The van der Waals surface area contributed by atoms with E-state index in [9.17, 15) is 0 Å². The lowest BCUT2D eigenvalue weighted by Gasteiger charge is -1.97. The predicted octanol–water partition coefficient (Wildman–Crippen LogP) is 3.08. The quantitative estimate of drug-likeness (QED) is 0.289. The van der Waals surface area contributed by atoms with Crippen molar-refractivity contribution in [2.45, 2.75) is 40.5 Å². The van der Waals surface area contributed by atoms with Crippen LogP contribution in [0.25, 0.3) is 0 Å². The first kappa shape index (κ1) is 15.8. The summed E-state index contributed by atoms with van der Waals surface area (Å²) in [6.45, 7) is 9.44. The second kappa shape index (κ2) is 8.91. The lowest BCUT2D eigenvalue weighted by Crippen LogP contribution is -2.20. The average Bonchev–Trinajstić information content (AvgIpc) is 2.32. The number of rotatable bonds is 6. The fourth-order valence-corrected chi connectivity index (χ4v) is 1.30. The third-order valence-corrected chi connectivity index (χ3v) is 2.88. The molecule has 17 heavy (non-hydrogen) atoms. The van der Waals surface area contributed by atoms with Gasteiger partial charge in [0.2, 0.25) is 0 Å². The molecule has 0 saturated carbocycles. The van der Waals surface area contributed by atoms with Gasteiger partial charge in [0, 0.05) is 12.8 Å². The van der Waals surface area contributed by atoms with Crippen LogP contribution in [0.5, 0.6) is 0 Å². The van der Waals surface area contributed by atoms with Gasteiger partial charge < -0.3 is 0 Å². The minimum atomic E-state index is 0.938. The number of hydrogen-bond donors (Lipinski definition) is 0. The number of nitrogens with zero attached hydrogens (tertiary/aromatic N) is 2. The minimum Gasteiger partial charge on any atom is -0.185 e. The van der Waals surface area contributed by atoms with Crippen LogP contribution in [0.15, 0.2) is 23.3 Å². The van der Waals surface area contributed by atoms with Crippen LogP contribution in [0, 0.1) is 0 Å². The lowest BCUT2D eigenvalue weighted by atomic mass is 10.2. The van der Waals surface area contributed by atoms with Crippen molar-refractivity contribution in [2.24, 2.45) is 0 Å². The smallest absolute Gasteiger partial charge is 0.185 e. The van der Waals surface area contributed by atoms with Crippen molar-refractivity contribution in [3.05, 3.63) is 23.3 Å². The Morgan fingerprint density at radius 3 is 1.47 bits per heavy atom. The van der Waals surface area contributed by atoms with Crippen LogP contribution in [0.1, 0.15) is 40.5 Å². The molecule has 0 aromatic rings. The molecule has 0 aliphatic carbocycles. The zero-order chi connectivity index (χ0) is 13.3. The molecule has 0 aromatic heterocycles. The van der Waals surface area contributed by atoms with E-state index in [2.05, 4.69) is 75.5 Å². The molecule has 0 spiro atoms. The largest absolute Gasteiger partial charge is 0.333 e. The fourth-order valence-electron chi connectivity index (χ4n) is 1.30. The maximum absolute atomic E-state index is 2.24. The second-order valence-electron chi connectivity index (χ2n) is 4.70. The molecule has 2 heteroatoms. The lowest BCUT2D eigenvalue weighted by molar-refractivity contribution is -0.700. The van der Waals surface area contributed by atoms with Gasteiger partial charge in [0.25, 0.3) is 0 Å². The van der Waals surface area contributed by atoms with E-state index in [1.165, 1.54) is 11.1 Å². The first-order valence-electron chi connectivity index (χ1n) is 6.30. The van der Waals surface area contributed by atoms with Gasteiger partial charge in [-0.05, 0) is 27.7 Å². The first-order chi connectivity index (χ1) is 7.99. The molecule has 0 radical (unpaired) electrons. The van der Waals surface area contributed by atoms with Gasteiger partial charge in [0.05, 0.1) is 0 Å². The SMILES string of the molecule is CC=C(C)CC=[N+](C)C[N+](C)=CCC(C)=CC. The molecule has 0 aliphatic rings. The fraction of sp³-hybridized carbons (Fsp3) is 0.600. The van der Waals surface area contributed by atoms with E-state index in [0.29, 0.717) is 0 Å². The molecule has 0 bridgehead atoms. The van der Waals surface area contributed by atoms with E-state index in [-0.39, 0.29) is 0 Å². The summed E-state index contributed by atoms with van der Waals surface area (Å²) in [5, 5.41) is 0. The summed E-state index contributed by atoms with van der Waals surface area (Å²) in [6.07, 6.45) is 10.9. The van der Waals surface area contributed by atoms with Crippen LogP contribution >= 0.6 is 0 Å². The molecule has 0 amide bonds. The Bertz CT molecular complexity index is 310. The molecule has 0 saturated heterocycles. The van der Waals surface area contributed by atoms with E-state index in [4.69, 9.17) is 0 Å². The summed E-state index contributed by atoms with van der Waals surface area (Å²) < 4.78 is 4.46. The summed E-state index contributed by atoms with van der Waals surface area (Å²) in [7, 11) is 4.24. The third kappa shape index (κ3) is 8.61. The topological polar surface area (TPSA) is 6.02 Å². The van der Waals surface area contributed by atoms with Crippen LogP contribution < -0.4 is 0 Å². The highest BCUT2D eigenvalue weighted by Gasteiger charge is 2.03. The van der Waals surface area contributed by atoms with E-state index in [0.717, 1.165) is 19.5 Å². The van der Waals surface area contributed by atoms with Crippen molar-refractivity contribution in [1.29, 1.82) is 0 Å². The molecular formula is C15H28N2+2. The Balaban J connectivity index is 4.24.